The number of hydrogen-bond donors (Lipinski definition) is 2. The Hall–Kier alpha value is -1.36. The van der Waals surface area contributed by atoms with Gasteiger partial charge in [-0.1, -0.05) is 25.9 Å². The van der Waals surface area contributed by atoms with Crippen LogP contribution in [0.2, 0.25) is 0 Å². The van der Waals surface area contributed by atoms with Gasteiger partial charge in [-0.25, -0.2) is 0 Å². The largest absolute Gasteiger partial charge is 0.388 e. The summed E-state index contributed by atoms with van der Waals surface area (Å²) in [4.78, 5) is 12.1. The Labute approximate surface area is 145 Å². The van der Waals surface area contributed by atoms with Gasteiger partial charge in [-0.3, -0.25) is 4.79 Å². The molecular formula is C19H32N2O3. The number of aryl methyl sites for hydroxylation is 2. The lowest BCUT2D eigenvalue weighted by Crippen LogP contribution is -2.46. The third-order valence-electron chi connectivity index (χ3n) is 5.54. The molecule has 5 nitrogen and oxygen atoms in total. The summed E-state index contributed by atoms with van der Waals surface area (Å²) in [5, 5.41) is 17.5. The van der Waals surface area contributed by atoms with E-state index in [4.69, 9.17) is 4.52 Å². The van der Waals surface area contributed by atoms with E-state index in [1.807, 2.05) is 13.8 Å². The number of aliphatic hydroxyl groups is 1. The molecule has 0 aromatic carbocycles. The Balaban J connectivity index is 1.76. The van der Waals surface area contributed by atoms with Crippen LogP contribution >= 0.6 is 0 Å². The molecule has 2 rings (SSSR count). The predicted molar refractivity (Wildman–Crippen MR) is 93.7 cm³/mol. The summed E-state index contributed by atoms with van der Waals surface area (Å²) in [5.74, 6) is 1.40. The van der Waals surface area contributed by atoms with Crippen molar-refractivity contribution >= 4 is 5.91 Å². The fourth-order valence-corrected chi connectivity index (χ4v) is 3.65. The molecule has 136 valence electrons. The number of aromatic nitrogens is 1. The summed E-state index contributed by atoms with van der Waals surface area (Å²) < 4.78 is 5.11. The highest BCUT2D eigenvalue weighted by molar-refractivity contribution is 5.76. The Kier molecular flexibility index (Phi) is 5.74. The number of nitrogens with zero attached hydrogens (tertiary/aromatic N) is 1. The molecule has 2 N–H and O–H groups in total. The molecule has 1 amide bonds. The molecule has 24 heavy (non-hydrogen) atoms. The average Bonchev–Trinajstić information content (AvgIpc) is 2.81. The molecule has 0 bridgehead atoms. The Morgan fingerprint density at radius 2 is 1.96 bits per heavy atom. The minimum absolute atomic E-state index is 0.0265. The number of carbonyl (C=O) groups is 1. The van der Waals surface area contributed by atoms with Gasteiger partial charge in [0.1, 0.15) is 5.76 Å². The summed E-state index contributed by atoms with van der Waals surface area (Å²) in [6.45, 7) is 10.9. The van der Waals surface area contributed by atoms with Gasteiger partial charge in [0.05, 0.1) is 11.3 Å². The number of amides is 1. The monoisotopic (exact) mass is 336 g/mol. The number of rotatable bonds is 5. The fraction of sp³-hybridized carbons (Fsp3) is 0.789. The van der Waals surface area contributed by atoms with Crippen molar-refractivity contribution < 1.29 is 14.4 Å². The SMILES string of the molecule is Cc1noc(C)c1CCC(=O)NCC1(O)CCC(C(C)(C)C)CC1. The van der Waals surface area contributed by atoms with Crippen LogP contribution in [-0.4, -0.2) is 28.3 Å². The lowest BCUT2D eigenvalue weighted by atomic mass is 9.68. The first-order valence-electron chi connectivity index (χ1n) is 9.01. The minimum Gasteiger partial charge on any atom is -0.388 e. The van der Waals surface area contributed by atoms with Crippen molar-refractivity contribution in [3.8, 4) is 0 Å². The van der Waals surface area contributed by atoms with Gasteiger partial charge in [0.15, 0.2) is 0 Å². The zero-order chi connectivity index (χ0) is 18.0. The first-order valence-corrected chi connectivity index (χ1v) is 9.01. The van der Waals surface area contributed by atoms with Crippen LogP contribution in [0.15, 0.2) is 4.52 Å². The van der Waals surface area contributed by atoms with Gasteiger partial charge >= 0.3 is 0 Å². The molecule has 0 unspecified atom stereocenters. The summed E-state index contributed by atoms with van der Waals surface area (Å²) in [6.07, 6.45) is 4.59. The van der Waals surface area contributed by atoms with Crippen molar-refractivity contribution in [1.29, 1.82) is 0 Å². The highest BCUT2D eigenvalue weighted by Crippen LogP contribution is 2.41. The van der Waals surface area contributed by atoms with Crippen LogP contribution in [0, 0.1) is 25.2 Å². The van der Waals surface area contributed by atoms with E-state index in [0.717, 1.165) is 42.7 Å². The van der Waals surface area contributed by atoms with Gasteiger partial charge in [-0.2, -0.15) is 0 Å². The molecule has 1 aliphatic carbocycles. The molecular weight excluding hydrogens is 304 g/mol. The molecule has 1 aliphatic rings. The van der Waals surface area contributed by atoms with Crippen LogP contribution in [0.25, 0.3) is 0 Å². The summed E-state index contributed by atoms with van der Waals surface area (Å²) in [7, 11) is 0. The van der Waals surface area contributed by atoms with Crippen molar-refractivity contribution in [2.75, 3.05) is 6.54 Å². The molecule has 0 aliphatic heterocycles. The molecule has 1 aromatic heterocycles. The van der Waals surface area contributed by atoms with E-state index in [-0.39, 0.29) is 5.91 Å². The standard InChI is InChI=1S/C19H32N2O3/c1-13-16(14(2)24-21-13)6-7-17(22)20-12-19(23)10-8-15(9-11-19)18(3,4)5/h15,23H,6-12H2,1-5H3,(H,20,22). The van der Waals surface area contributed by atoms with Crippen LogP contribution < -0.4 is 5.32 Å². The van der Waals surface area contributed by atoms with Crippen molar-refractivity contribution in [3.05, 3.63) is 17.0 Å². The second-order valence-electron chi connectivity index (χ2n) is 8.44. The number of carbonyl (C=O) groups excluding carboxylic acids is 1. The van der Waals surface area contributed by atoms with Crippen molar-refractivity contribution in [2.45, 2.75) is 78.7 Å². The van der Waals surface area contributed by atoms with Gasteiger partial charge in [0, 0.05) is 18.5 Å². The summed E-state index contributed by atoms with van der Waals surface area (Å²) >= 11 is 0. The first kappa shape index (κ1) is 19.0. The molecule has 0 radical (unpaired) electrons. The van der Waals surface area contributed by atoms with E-state index in [2.05, 4.69) is 31.2 Å². The zero-order valence-electron chi connectivity index (χ0n) is 15.7. The highest BCUT2D eigenvalue weighted by atomic mass is 16.5. The van der Waals surface area contributed by atoms with E-state index < -0.39 is 5.60 Å². The van der Waals surface area contributed by atoms with Crippen LogP contribution in [0.4, 0.5) is 0 Å². The average molecular weight is 336 g/mol. The summed E-state index contributed by atoms with van der Waals surface area (Å²) in [6, 6.07) is 0. The second kappa shape index (κ2) is 7.26. The predicted octanol–water partition coefficient (Wildman–Crippen LogP) is 3.31. The van der Waals surface area contributed by atoms with Crippen LogP contribution in [0.5, 0.6) is 0 Å². The van der Waals surface area contributed by atoms with Gasteiger partial charge in [-0.05, 0) is 57.3 Å². The van der Waals surface area contributed by atoms with Crippen LogP contribution in [-0.2, 0) is 11.2 Å². The van der Waals surface area contributed by atoms with Crippen LogP contribution in [0.3, 0.4) is 0 Å². The maximum Gasteiger partial charge on any atom is 0.220 e. The van der Waals surface area contributed by atoms with Crippen molar-refractivity contribution in [2.24, 2.45) is 11.3 Å². The Bertz CT molecular complexity index is 544. The molecule has 1 aromatic rings. The first-order chi connectivity index (χ1) is 11.1. The highest BCUT2D eigenvalue weighted by Gasteiger charge is 2.37. The molecule has 1 fully saturated rings. The van der Waals surface area contributed by atoms with Crippen molar-refractivity contribution in [3.63, 3.8) is 0 Å². The normalized spacial score (nSPS) is 24.8. The fourth-order valence-electron chi connectivity index (χ4n) is 3.65. The minimum atomic E-state index is -0.750. The molecule has 0 spiro atoms. The molecule has 5 heteroatoms. The second-order valence-corrected chi connectivity index (χ2v) is 8.44. The molecule has 0 atom stereocenters. The quantitative estimate of drug-likeness (QED) is 0.865. The molecule has 0 saturated heterocycles. The maximum atomic E-state index is 12.1. The lowest BCUT2D eigenvalue weighted by Gasteiger charge is -2.41. The van der Waals surface area contributed by atoms with Crippen LogP contribution in [0.1, 0.15) is 69.9 Å². The smallest absolute Gasteiger partial charge is 0.220 e. The Morgan fingerprint density at radius 3 is 2.46 bits per heavy atom. The van der Waals surface area contributed by atoms with E-state index >= 15 is 0 Å². The number of hydrogen-bond acceptors (Lipinski definition) is 4. The third kappa shape index (κ3) is 4.82. The van der Waals surface area contributed by atoms with E-state index in [9.17, 15) is 9.90 Å². The van der Waals surface area contributed by atoms with Gasteiger partial charge in [0.25, 0.3) is 0 Å². The third-order valence-corrected chi connectivity index (χ3v) is 5.54. The molecule has 1 heterocycles. The van der Waals surface area contributed by atoms with Gasteiger partial charge < -0.3 is 14.9 Å². The maximum absolute atomic E-state index is 12.1. The van der Waals surface area contributed by atoms with Crippen molar-refractivity contribution in [1.82, 2.24) is 10.5 Å². The van der Waals surface area contributed by atoms with Gasteiger partial charge in [0.2, 0.25) is 5.91 Å². The lowest BCUT2D eigenvalue weighted by molar-refractivity contribution is -0.123. The van der Waals surface area contributed by atoms with E-state index in [1.54, 1.807) is 0 Å². The van der Waals surface area contributed by atoms with E-state index in [0.29, 0.717) is 30.7 Å². The molecule has 1 saturated carbocycles. The van der Waals surface area contributed by atoms with E-state index in [1.165, 1.54) is 0 Å². The number of nitrogens with one attached hydrogen (secondary N) is 1. The topological polar surface area (TPSA) is 75.4 Å². The zero-order valence-corrected chi connectivity index (χ0v) is 15.7. The Morgan fingerprint density at radius 1 is 1.33 bits per heavy atom. The van der Waals surface area contributed by atoms with Gasteiger partial charge in [-0.15, -0.1) is 0 Å². The summed E-state index contributed by atoms with van der Waals surface area (Å²) in [5.41, 5.74) is 1.40.